The molecule has 1 aromatic carbocycles. The van der Waals surface area contributed by atoms with E-state index < -0.39 is 0 Å². The van der Waals surface area contributed by atoms with Gasteiger partial charge in [0, 0.05) is 17.6 Å². The lowest BCUT2D eigenvalue weighted by Gasteiger charge is -2.13. The van der Waals surface area contributed by atoms with Crippen molar-refractivity contribution >= 4 is 17.5 Å². The summed E-state index contributed by atoms with van der Waals surface area (Å²) in [5.41, 5.74) is 1.12. The third kappa shape index (κ3) is 4.21. The highest BCUT2D eigenvalue weighted by Gasteiger charge is 2.06. The maximum Gasteiger partial charge on any atom is 0.233 e. The number of carbonyl (C=O) groups excluding carboxylic acids is 1. The fourth-order valence-electron chi connectivity index (χ4n) is 1.37. The van der Waals surface area contributed by atoms with E-state index >= 15 is 0 Å². The van der Waals surface area contributed by atoms with Gasteiger partial charge in [-0.15, -0.1) is 0 Å². The number of likely N-dealkylation sites (N-methyl/N-ethyl adjacent to an activating group) is 1. The molecule has 0 radical (unpaired) electrons. The molecule has 0 spiro atoms. The minimum absolute atomic E-state index is 0.0170. The summed E-state index contributed by atoms with van der Waals surface area (Å²) in [6.07, 6.45) is 0. The minimum Gasteiger partial charge on any atom is -0.355 e. The molecule has 0 aliphatic rings. The van der Waals surface area contributed by atoms with Crippen LogP contribution in [-0.2, 0) is 4.79 Å². The first-order chi connectivity index (χ1) is 7.63. The van der Waals surface area contributed by atoms with E-state index in [9.17, 15) is 4.79 Å². The second-order valence-corrected chi connectivity index (χ2v) is 4.04. The van der Waals surface area contributed by atoms with Crippen LogP contribution in [0.2, 0.25) is 5.02 Å². The van der Waals surface area contributed by atoms with Crippen LogP contribution in [0.25, 0.3) is 0 Å². The summed E-state index contributed by atoms with van der Waals surface area (Å²) in [7, 11) is 0. The zero-order chi connectivity index (χ0) is 12.0. The maximum atomic E-state index is 11.2. The Morgan fingerprint density at radius 2 is 2.00 bits per heavy atom. The van der Waals surface area contributed by atoms with Crippen LogP contribution in [0.4, 0.5) is 0 Å². The second kappa shape index (κ2) is 6.51. The van der Waals surface area contributed by atoms with E-state index in [4.69, 9.17) is 11.6 Å². The SMILES string of the molecule is CCNC(=O)CN[C@H](C)c1ccc(Cl)cc1. The lowest BCUT2D eigenvalue weighted by atomic mass is 10.1. The van der Waals surface area contributed by atoms with Crippen LogP contribution in [0.3, 0.4) is 0 Å². The van der Waals surface area contributed by atoms with Gasteiger partial charge in [-0.25, -0.2) is 0 Å². The Labute approximate surface area is 101 Å². The highest BCUT2D eigenvalue weighted by molar-refractivity contribution is 6.30. The largest absolute Gasteiger partial charge is 0.355 e. The number of halogens is 1. The van der Waals surface area contributed by atoms with Crippen molar-refractivity contribution in [1.29, 1.82) is 0 Å². The molecule has 0 aliphatic carbocycles. The fraction of sp³-hybridized carbons (Fsp3) is 0.417. The van der Waals surface area contributed by atoms with Crippen molar-refractivity contribution in [3.05, 3.63) is 34.9 Å². The first-order valence-corrected chi connectivity index (χ1v) is 5.76. The Morgan fingerprint density at radius 1 is 1.38 bits per heavy atom. The summed E-state index contributed by atoms with van der Waals surface area (Å²) in [4.78, 5) is 11.2. The molecule has 1 aromatic rings. The van der Waals surface area contributed by atoms with Gasteiger partial charge in [-0.2, -0.15) is 0 Å². The van der Waals surface area contributed by atoms with E-state index in [-0.39, 0.29) is 11.9 Å². The Hall–Kier alpha value is -1.06. The molecule has 1 atom stereocenters. The van der Waals surface area contributed by atoms with E-state index in [0.29, 0.717) is 13.1 Å². The van der Waals surface area contributed by atoms with E-state index in [1.807, 2.05) is 38.1 Å². The molecule has 0 fully saturated rings. The second-order valence-electron chi connectivity index (χ2n) is 3.61. The Kier molecular flexibility index (Phi) is 5.29. The Morgan fingerprint density at radius 3 is 2.56 bits per heavy atom. The van der Waals surface area contributed by atoms with Crippen LogP contribution in [0, 0.1) is 0 Å². The van der Waals surface area contributed by atoms with Crippen molar-refractivity contribution in [3.8, 4) is 0 Å². The number of nitrogens with one attached hydrogen (secondary N) is 2. The molecule has 2 N–H and O–H groups in total. The molecule has 1 amide bonds. The lowest BCUT2D eigenvalue weighted by molar-refractivity contribution is -0.120. The van der Waals surface area contributed by atoms with Crippen molar-refractivity contribution in [2.24, 2.45) is 0 Å². The van der Waals surface area contributed by atoms with Gasteiger partial charge >= 0.3 is 0 Å². The van der Waals surface area contributed by atoms with Crippen molar-refractivity contribution in [3.63, 3.8) is 0 Å². The number of benzene rings is 1. The first-order valence-electron chi connectivity index (χ1n) is 5.39. The van der Waals surface area contributed by atoms with Crippen molar-refractivity contribution in [2.45, 2.75) is 19.9 Å². The zero-order valence-electron chi connectivity index (χ0n) is 9.59. The Balaban J connectivity index is 2.43. The summed E-state index contributed by atoms with van der Waals surface area (Å²) in [5, 5.41) is 6.61. The molecule has 0 saturated carbocycles. The van der Waals surface area contributed by atoms with Gasteiger partial charge < -0.3 is 10.6 Å². The topological polar surface area (TPSA) is 41.1 Å². The van der Waals surface area contributed by atoms with Gasteiger partial charge in [0.2, 0.25) is 5.91 Å². The number of amides is 1. The van der Waals surface area contributed by atoms with Gasteiger partial charge in [0.25, 0.3) is 0 Å². The van der Waals surface area contributed by atoms with E-state index in [2.05, 4.69) is 10.6 Å². The van der Waals surface area contributed by atoms with Gasteiger partial charge in [-0.3, -0.25) is 4.79 Å². The molecular formula is C12H17ClN2O. The Bertz CT molecular complexity index is 337. The van der Waals surface area contributed by atoms with E-state index in [1.54, 1.807) is 0 Å². The predicted octanol–water partition coefficient (Wildman–Crippen LogP) is 2.13. The average Bonchev–Trinajstić information content (AvgIpc) is 2.27. The van der Waals surface area contributed by atoms with Crippen molar-refractivity contribution in [2.75, 3.05) is 13.1 Å². The summed E-state index contributed by atoms with van der Waals surface area (Å²) < 4.78 is 0. The number of hydrogen-bond acceptors (Lipinski definition) is 2. The van der Waals surface area contributed by atoms with E-state index in [1.165, 1.54) is 0 Å². The van der Waals surface area contributed by atoms with E-state index in [0.717, 1.165) is 10.6 Å². The van der Waals surface area contributed by atoms with Gasteiger partial charge in [0.15, 0.2) is 0 Å². The van der Waals surface area contributed by atoms with Gasteiger partial charge in [-0.05, 0) is 31.5 Å². The quantitative estimate of drug-likeness (QED) is 0.828. The van der Waals surface area contributed by atoms with Gasteiger partial charge in [-0.1, -0.05) is 23.7 Å². The normalized spacial score (nSPS) is 12.2. The van der Waals surface area contributed by atoms with Crippen LogP contribution in [0.15, 0.2) is 24.3 Å². The number of rotatable bonds is 5. The van der Waals surface area contributed by atoms with Crippen LogP contribution < -0.4 is 10.6 Å². The third-order valence-electron chi connectivity index (χ3n) is 2.31. The van der Waals surface area contributed by atoms with Crippen LogP contribution in [0.1, 0.15) is 25.5 Å². The molecular weight excluding hydrogens is 224 g/mol. The first kappa shape index (κ1) is 13.0. The molecule has 88 valence electrons. The summed E-state index contributed by atoms with van der Waals surface area (Å²) in [5.74, 6) is 0.0170. The van der Waals surface area contributed by atoms with Crippen LogP contribution >= 0.6 is 11.6 Å². The summed E-state index contributed by atoms with van der Waals surface area (Å²) in [6, 6.07) is 7.75. The van der Waals surface area contributed by atoms with Crippen molar-refractivity contribution in [1.82, 2.24) is 10.6 Å². The average molecular weight is 241 g/mol. The standard InChI is InChI=1S/C12H17ClN2O/c1-3-14-12(16)8-15-9(2)10-4-6-11(13)7-5-10/h4-7,9,15H,3,8H2,1-2H3,(H,14,16)/t9-/m1/s1. The smallest absolute Gasteiger partial charge is 0.233 e. The molecule has 0 heterocycles. The molecule has 0 bridgehead atoms. The molecule has 0 aromatic heterocycles. The van der Waals surface area contributed by atoms with Crippen molar-refractivity contribution < 1.29 is 4.79 Å². The molecule has 16 heavy (non-hydrogen) atoms. The maximum absolute atomic E-state index is 11.2. The van der Waals surface area contributed by atoms with Crippen LogP contribution in [0.5, 0.6) is 0 Å². The number of hydrogen-bond donors (Lipinski definition) is 2. The predicted molar refractivity (Wildman–Crippen MR) is 66.6 cm³/mol. The summed E-state index contributed by atoms with van der Waals surface area (Å²) >= 11 is 5.80. The minimum atomic E-state index is 0.0170. The highest BCUT2D eigenvalue weighted by Crippen LogP contribution is 2.15. The molecule has 1 rings (SSSR count). The number of carbonyl (C=O) groups is 1. The van der Waals surface area contributed by atoms with Gasteiger partial charge in [0.1, 0.15) is 0 Å². The molecule has 0 aliphatic heterocycles. The zero-order valence-corrected chi connectivity index (χ0v) is 10.3. The van der Waals surface area contributed by atoms with Crippen LogP contribution in [-0.4, -0.2) is 19.0 Å². The highest BCUT2D eigenvalue weighted by atomic mass is 35.5. The van der Waals surface area contributed by atoms with Gasteiger partial charge in [0.05, 0.1) is 6.54 Å². The molecule has 4 heteroatoms. The summed E-state index contributed by atoms with van der Waals surface area (Å²) in [6.45, 7) is 4.91. The lowest BCUT2D eigenvalue weighted by Crippen LogP contribution is -2.34. The molecule has 0 saturated heterocycles. The third-order valence-corrected chi connectivity index (χ3v) is 2.56. The fourth-order valence-corrected chi connectivity index (χ4v) is 1.50. The monoisotopic (exact) mass is 240 g/mol. The molecule has 0 unspecified atom stereocenters. The molecule has 3 nitrogen and oxygen atoms in total.